The van der Waals surface area contributed by atoms with Crippen LogP contribution in [0.3, 0.4) is 0 Å². The number of hydrogen-bond donors (Lipinski definition) is 0. The van der Waals surface area contributed by atoms with Gasteiger partial charge in [0.25, 0.3) is 0 Å². The lowest BCUT2D eigenvalue weighted by Gasteiger charge is -2.17. The van der Waals surface area contributed by atoms with Gasteiger partial charge < -0.3 is 4.90 Å². The molecule has 0 aliphatic carbocycles. The van der Waals surface area contributed by atoms with Gasteiger partial charge in [-0.25, -0.2) is 0 Å². The molecule has 0 aliphatic heterocycles. The Labute approximate surface area is 122 Å². The molecule has 110 valence electrons. The number of hydrogen-bond acceptors (Lipinski definition) is 1. The van der Waals surface area contributed by atoms with E-state index in [0.717, 1.165) is 5.56 Å². The molecule has 0 aromatic heterocycles. The lowest BCUT2D eigenvalue weighted by atomic mass is 10.0. The van der Waals surface area contributed by atoms with E-state index in [1.165, 1.54) is 18.2 Å². The Kier molecular flexibility index (Phi) is 4.36. The van der Waals surface area contributed by atoms with E-state index in [1.807, 2.05) is 30.3 Å². The average molecular weight is 291 g/mol. The third-order valence-corrected chi connectivity index (χ3v) is 3.11. The standard InChI is InChI=1S/C17H16F3N/c1-21(2)15-11-10-14(16(12-15)17(18,19)20)9-8-13-6-4-3-5-7-13/h3-12H,1-2H3/b9-8+. The SMILES string of the molecule is CN(C)c1ccc(/C=C/c2ccccc2)c(C(F)(F)F)c1. The van der Waals surface area contributed by atoms with E-state index in [1.54, 1.807) is 31.1 Å². The van der Waals surface area contributed by atoms with Crippen LogP contribution in [0.1, 0.15) is 16.7 Å². The van der Waals surface area contributed by atoms with Gasteiger partial charge in [-0.1, -0.05) is 48.6 Å². The molecule has 2 aromatic rings. The largest absolute Gasteiger partial charge is 0.417 e. The predicted octanol–water partition coefficient (Wildman–Crippen LogP) is 4.94. The number of benzene rings is 2. The second kappa shape index (κ2) is 6.04. The molecule has 4 heteroatoms. The lowest BCUT2D eigenvalue weighted by Crippen LogP contribution is -2.12. The molecule has 0 fully saturated rings. The summed E-state index contributed by atoms with van der Waals surface area (Å²) in [7, 11) is 3.43. The van der Waals surface area contributed by atoms with Crippen molar-refractivity contribution in [3.63, 3.8) is 0 Å². The first-order chi connectivity index (χ1) is 9.88. The summed E-state index contributed by atoms with van der Waals surface area (Å²) in [6, 6.07) is 13.6. The van der Waals surface area contributed by atoms with Crippen LogP contribution in [0, 0.1) is 0 Å². The van der Waals surface area contributed by atoms with Crippen LogP contribution < -0.4 is 4.90 Å². The van der Waals surface area contributed by atoms with Crippen molar-refractivity contribution in [1.82, 2.24) is 0 Å². The zero-order valence-electron chi connectivity index (χ0n) is 11.9. The highest BCUT2D eigenvalue weighted by atomic mass is 19.4. The van der Waals surface area contributed by atoms with Crippen LogP contribution in [0.5, 0.6) is 0 Å². The first-order valence-electron chi connectivity index (χ1n) is 6.49. The molecule has 0 spiro atoms. The lowest BCUT2D eigenvalue weighted by molar-refractivity contribution is -0.137. The molecule has 21 heavy (non-hydrogen) atoms. The van der Waals surface area contributed by atoms with Crippen molar-refractivity contribution in [3.8, 4) is 0 Å². The molecule has 0 N–H and O–H groups in total. The van der Waals surface area contributed by atoms with Crippen LogP contribution in [-0.2, 0) is 6.18 Å². The summed E-state index contributed by atoms with van der Waals surface area (Å²) in [5, 5.41) is 0. The van der Waals surface area contributed by atoms with Crippen molar-refractivity contribution in [2.24, 2.45) is 0 Å². The Morgan fingerprint density at radius 3 is 2.14 bits per heavy atom. The molecule has 2 rings (SSSR count). The molecule has 0 heterocycles. The van der Waals surface area contributed by atoms with E-state index >= 15 is 0 Å². The highest BCUT2D eigenvalue weighted by Crippen LogP contribution is 2.35. The van der Waals surface area contributed by atoms with Gasteiger partial charge in [0.05, 0.1) is 5.56 Å². The molecule has 0 bridgehead atoms. The van der Waals surface area contributed by atoms with Gasteiger partial charge in [0.2, 0.25) is 0 Å². The second-order valence-corrected chi connectivity index (χ2v) is 4.91. The molecule has 0 amide bonds. The molecular weight excluding hydrogens is 275 g/mol. The van der Waals surface area contributed by atoms with Crippen molar-refractivity contribution in [1.29, 1.82) is 0 Å². The fourth-order valence-electron chi connectivity index (χ4n) is 1.96. The zero-order chi connectivity index (χ0) is 15.5. The fraction of sp³-hybridized carbons (Fsp3) is 0.176. The Morgan fingerprint density at radius 1 is 0.905 bits per heavy atom. The van der Waals surface area contributed by atoms with Crippen LogP contribution in [0.4, 0.5) is 18.9 Å². The summed E-state index contributed by atoms with van der Waals surface area (Å²) in [6.45, 7) is 0. The van der Waals surface area contributed by atoms with Crippen LogP contribution >= 0.6 is 0 Å². The minimum atomic E-state index is -4.37. The normalized spacial score (nSPS) is 11.9. The molecule has 0 radical (unpaired) electrons. The van der Waals surface area contributed by atoms with Gasteiger partial charge in [-0.05, 0) is 23.3 Å². The third kappa shape index (κ3) is 3.88. The molecule has 0 saturated carbocycles. The van der Waals surface area contributed by atoms with Crippen LogP contribution in [0.15, 0.2) is 48.5 Å². The zero-order valence-corrected chi connectivity index (χ0v) is 11.9. The Balaban J connectivity index is 2.41. The summed E-state index contributed by atoms with van der Waals surface area (Å²) in [5.41, 5.74) is 0.930. The monoisotopic (exact) mass is 291 g/mol. The number of alkyl halides is 3. The molecule has 0 atom stereocenters. The maximum atomic E-state index is 13.2. The van der Waals surface area contributed by atoms with Crippen molar-refractivity contribution in [3.05, 3.63) is 65.2 Å². The maximum absolute atomic E-state index is 13.2. The van der Waals surface area contributed by atoms with Gasteiger partial charge in [-0.2, -0.15) is 13.2 Å². The van der Waals surface area contributed by atoms with Gasteiger partial charge in [-0.3, -0.25) is 0 Å². The van der Waals surface area contributed by atoms with Crippen molar-refractivity contribution in [2.75, 3.05) is 19.0 Å². The summed E-state index contributed by atoms with van der Waals surface area (Å²) >= 11 is 0. The quantitative estimate of drug-likeness (QED) is 0.724. The Hall–Kier alpha value is -2.23. The first kappa shape index (κ1) is 15.2. The molecular formula is C17H16F3N. The fourth-order valence-corrected chi connectivity index (χ4v) is 1.96. The van der Waals surface area contributed by atoms with Crippen molar-refractivity contribution in [2.45, 2.75) is 6.18 Å². The van der Waals surface area contributed by atoms with Gasteiger partial charge in [-0.15, -0.1) is 0 Å². The average Bonchev–Trinajstić information content (AvgIpc) is 2.45. The number of nitrogens with zero attached hydrogens (tertiary/aromatic N) is 1. The molecule has 0 unspecified atom stereocenters. The summed E-state index contributed by atoms with van der Waals surface area (Å²) in [6.07, 6.45) is -1.19. The Morgan fingerprint density at radius 2 is 1.57 bits per heavy atom. The highest BCUT2D eigenvalue weighted by molar-refractivity contribution is 5.72. The number of rotatable bonds is 3. The summed E-state index contributed by atoms with van der Waals surface area (Å²) < 4.78 is 39.5. The van der Waals surface area contributed by atoms with Gasteiger partial charge in [0, 0.05) is 19.8 Å². The van der Waals surface area contributed by atoms with Gasteiger partial charge in [0.1, 0.15) is 0 Å². The van der Waals surface area contributed by atoms with Crippen LogP contribution in [0.2, 0.25) is 0 Å². The minimum Gasteiger partial charge on any atom is -0.378 e. The van der Waals surface area contributed by atoms with Crippen LogP contribution in [-0.4, -0.2) is 14.1 Å². The van der Waals surface area contributed by atoms with Gasteiger partial charge in [0.15, 0.2) is 0 Å². The third-order valence-electron chi connectivity index (χ3n) is 3.11. The van der Waals surface area contributed by atoms with E-state index in [9.17, 15) is 13.2 Å². The van der Waals surface area contributed by atoms with Gasteiger partial charge >= 0.3 is 6.18 Å². The summed E-state index contributed by atoms with van der Waals surface area (Å²) in [5.74, 6) is 0. The number of halogens is 3. The van der Waals surface area contributed by atoms with E-state index in [4.69, 9.17) is 0 Å². The van der Waals surface area contributed by atoms with E-state index in [0.29, 0.717) is 5.69 Å². The summed E-state index contributed by atoms with van der Waals surface area (Å²) in [4.78, 5) is 1.65. The Bertz CT molecular complexity index is 628. The van der Waals surface area contributed by atoms with E-state index in [-0.39, 0.29) is 5.56 Å². The van der Waals surface area contributed by atoms with Crippen molar-refractivity contribution >= 4 is 17.8 Å². The first-order valence-corrected chi connectivity index (χ1v) is 6.49. The van der Waals surface area contributed by atoms with Crippen molar-refractivity contribution < 1.29 is 13.2 Å². The highest BCUT2D eigenvalue weighted by Gasteiger charge is 2.33. The smallest absolute Gasteiger partial charge is 0.378 e. The molecule has 1 nitrogen and oxygen atoms in total. The predicted molar refractivity (Wildman–Crippen MR) is 81.1 cm³/mol. The molecule has 2 aromatic carbocycles. The number of anilines is 1. The molecule has 0 saturated heterocycles. The van der Waals surface area contributed by atoms with Crippen LogP contribution in [0.25, 0.3) is 12.2 Å². The van der Waals surface area contributed by atoms with E-state index < -0.39 is 11.7 Å². The second-order valence-electron chi connectivity index (χ2n) is 4.91. The topological polar surface area (TPSA) is 3.24 Å². The minimum absolute atomic E-state index is 0.164. The van der Waals surface area contributed by atoms with E-state index in [2.05, 4.69) is 0 Å². The maximum Gasteiger partial charge on any atom is 0.417 e. The molecule has 0 aliphatic rings.